The van der Waals surface area contributed by atoms with Gasteiger partial charge in [-0.2, -0.15) is 0 Å². The average Bonchev–Trinajstić information content (AvgIpc) is 3.27. The molecule has 0 unspecified atom stereocenters. The lowest BCUT2D eigenvalue weighted by Crippen LogP contribution is -2.03. The minimum absolute atomic E-state index is 0.166. The van der Waals surface area contributed by atoms with Gasteiger partial charge in [-0.15, -0.1) is 0 Å². The molecule has 0 saturated carbocycles. The molecule has 0 aromatic heterocycles. The molecule has 0 aliphatic rings. The summed E-state index contributed by atoms with van der Waals surface area (Å²) in [5.74, 6) is 3.71. The second kappa shape index (κ2) is 19.8. The summed E-state index contributed by atoms with van der Waals surface area (Å²) in [4.78, 5) is 0. The zero-order valence-electron chi connectivity index (χ0n) is 32.6. The third-order valence-corrected chi connectivity index (χ3v) is 9.27. The summed E-state index contributed by atoms with van der Waals surface area (Å²) in [5.41, 5.74) is 5.68. The first-order chi connectivity index (χ1) is 29.2. The molecule has 0 heterocycles. The quantitative estimate of drug-likeness (QED) is 0.0530. The average molecular weight is 809 g/mol. The third kappa shape index (κ3) is 11.8. The minimum atomic E-state index is -0.224. The third-order valence-electron chi connectivity index (χ3n) is 9.27. The van der Waals surface area contributed by atoms with Gasteiger partial charge in [0.25, 0.3) is 0 Å². The fraction of sp³-hybridized carbons (Fsp3) is 0.143. The maximum Gasteiger partial charge on any atom is 0.162 e. The Morgan fingerprint density at radius 3 is 0.867 bits per heavy atom. The van der Waals surface area contributed by atoms with E-state index >= 15 is 0 Å². The van der Waals surface area contributed by atoms with Gasteiger partial charge in [0.2, 0.25) is 0 Å². The van der Waals surface area contributed by atoms with Gasteiger partial charge in [-0.05, 0) is 124 Å². The Bertz CT molecular complexity index is 2280. The van der Waals surface area contributed by atoms with Gasteiger partial charge in [-0.1, -0.05) is 60.7 Å². The van der Waals surface area contributed by atoms with E-state index in [4.69, 9.17) is 28.4 Å². The number of hydrogen-bond donors (Lipinski definition) is 5. The van der Waals surface area contributed by atoms with E-state index in [0.29, 0.717) is 40.1 Å². The van der Waals surface area contributed by atoms with Crippen LogP contribution >= 0.6 is 0 Å². The highest BCUT2D eigenvalue weighted by Gasteiger charge is 2.13. The van der Waals surface area contributed by atoms with Crippen LogP contribution in [0.3, 0.4) is 0 Å². The van der Waals surface area contributed by atoms with Gasteiger partial charge in [-0.3, -0.25) is 0 Å². The number of phenols is 4. The summed E-state index contributed by atoms with van der Waals surface area (Å²) in [6.45, 7) is 1.12. The standard InChI is InChI=1S/C49H44O11/c50-26-39-21-44(55-31-37-9-19-46(57-27-33-1-11-40(51)12-2-33)48(23-37)59-29-35-5-15-42(53)16-6-35)25-45(22-39)56-32-38-10-20-47(58-28-34-3-13-41(52)14-4-34)49(24-38)60-30-36-7-17-43(54)18-8-36/h1-25,50-54H,26-32H2. The van der Waals surface area contributed by atoms with Gasteiger partial charge in [0.05, 0.1) is 6.61 Å². The van der Waals surface area contributed by atoms with E-state index < -0.39 is 0 Å². The molecule has 0 spiro atoms. The first-order valence-electron chi connectivity index (χ1n) is 19.1. The molecule has 0 aliphatic carbocycles. The molecule has 0 aliphatic heterocycles. The highest BCUT2D eigenvalue weighted by atomic mass is 16.5. The first-order valence-corrected chi connectivity index (χ1v) is 19.1. The highest BCUT2D eigenvalue weighted by Crippen LogP contribution is 2.34. The molecule has 0 bridgehead atoms. The number of aliphatic hydroxyl groups excluding tert-OH is 1. The van der Waals surface area contributed by atoms with Crippen LogP contribution in [0.2, 0.25) is 0 Å². The Morgan fingerprint density at radius 1 is 0.267 bits per heavy atom. The van der Waals surface area contributed by atoms with E-state index in [0.717, 1.165) is 33.4 Å². The molecular weight excluding hydrogens is 765 g/mol. The second-order valence-corrected chi connectivity index (χ2v) is 13.9. The van der Waals surface area contributed by atoms with Crippen molar-refractivity contribution in [3.05, 3.63) is 191 Å². The molecule has 11 heteroatoms. The van der Waals surface area contributed by atoms with Crippen molar-refractivity contribution in [2.24, 2.45) is 0 Å². The van der Waals surface area contributed by atoms with E-state index in [9.17, 15) is 25.5 Å². The molecule has 7 rings (SSSR count). The fourth-order valence-electron chi connectivity index (χ4n) is 5.98. The minimum Gasteiger partial charge on any atom is -0.508 e. The first kappa shape index (κ1) is 40.7. The van der Waals surface area contributed by atoms with E-state index in [1.807, 2.05) is 36.4 Å². The van der Waals surface area contributed by atoms with Crippen molar-refractivity contribution in [1.82, 2.24) is 0 Å². The SMILES string of the molecule is OCc1cc(OCc2ccc(OCc3ccc(O)cc3)c(OCc3ccc(O)cc3)c2)cc(OCc2ccc(OCc3ccc(O)cc3)c(OCc3ccc(O)cc3)c2)c1. The molecule has 5 N–H and O–H groups in total. The Labute approximate surface area is 347 Å². The Kier molecular flexibility index (Phi) is 13.4. The van der Waals surface area contributed by atoms with Gasteiger partial charge in [-0.25, -0.2) is 0 Å². The molecule has 0 amide bonds. The number of rotatable bonds is 19. The molecule has 0 fully saturated rings. The van der Waals surface area contributed by atoms with Crippen molar-refractivity contribution in [2.45, 2.75) is 46.2 Å². The molecule has 0 atom stereocenters. The van der Waals surface area contributed by atoms with Crippen LogP contribution < -0.4 is 28.4 Å². The predicted octanol–water partition coefficient (Wildman–Crippen LogP) is 9.48. The van der Waals surface area contributed by atoms with Crippen molar-refractivity contribution in [3.63, 3.8) is 0 Å². The van der Waals surface area contributed by atoms with Gasteiger partial charge in [0.15, 0.2) is 23.0 Å². The Morgan fingerprint density at radius 2 is 0.550 bits per heavy atom. The van der Waals surface area contributed by atoms with E-state index in [-0.39, 0.29) is 69.2 Å². The summed E-state index contributed by atoms with van der Waals surface area (Å²) >= 11 is 0. The summed E-state index contributed by atoms with van der Waals surface area (Å²) in [6, 6.07) is 43.4. The predicted molar refractivity (Wildman–Crippen MR) is 224 cm³/mol. The number of benzene rings is 7. The van der Waals surface area contributed by atoms with Crippen LogP contribution in [0.5, 0.6) is 57.5 Å². The Balaban J connectivity index is 1.03. The van der Waals surface area contributed by atoms with Gasteiger partial charge in [0.1, 0.15) is 74.1 Å². The van der Waals surface area contributed by atoms with Crippen LogP contribution in [0.15, 0.2) is 152 Å². The second-order valence-electron chi connectivity index (χ2n) is 13.9. The molecule has 0 saturated heterocycles. The Hall–Kier alpha value is -7.50. The van der Waals surface area contributed by atoms with Crippen molar-refractivity contribution >= 4 is 0 Å². The summed E-state index contributed by atoms with van der Waals surface area (Å²) in [5, 5.41) is 48.8. The molecule has 11 nitrogen and oxygen atoms in total. The molecule has 7 aromatic carbocycles. The molecule has 306 valence electrons. The van der Waals surface area contributed by atoms with Gasteiger partial charge < -0.3 is 54.0 Å². The lowest BCUT2D eigenvalue weighted by molar-refractivity contribution is 0.252. The zero-order chi connectivity index (χ0) is 41.7. The number of ether oxygens (including phenoxy) is 6. The van der Waals surface area contributed by atoms with Crippen molar-refractivity contribution < 1.29 is 54.0 Å². The maximum absolute atomic E-state index is 10.1. The fourth-order valence-corrected chi connectivity index (χ4v) is 5.98. The normalized spacial score (nSPS) is 10.8. The van der Waals surface area contributed by atoms with Gasteiger partial charge in [0, 0.05) is 6.07 Å². The van der Waals surface area contributed by atoms with Crippen molar-refractivity contribution in [3.8, 4) is 57.5 Å². The van der Waals surface area contributed by atoms with Gasteiger partial charge >= 0.3 is 0 Å². The summed E-state index contributed by atoms with van der Waals surface area (Å²) in [6.07, 6.45) is 0. The molecule has 0 radical (unpaired) electrons. The molecule has 60 heavy (non-hydrogen) atoms. The van der Waals surface area contributed by atoms with Crippen LogP contribution in [-0.4, -0.2) is 25.5 Å². The summed E-state index contributed by atoms with van der Waals surface area (Å²) in [7, 11) is 0. The maximum atomic E-state index is 10.1. The van der Waals surface area contributed by atoms with Crippen molar-refractivity contribution in [1.29, 1.82) is 0 Å². The van der Waals surface area contributed by atoms with E-state index in [1.165, 1.54) is 0 Å². The largest absolute Gasteiger partial charge is 0.508 e. The number of aromatic hydroxyl groups is 4. The van der Waals surface area contributed by atoms with Crippen LogP contribution in [0.25, 0.3) is 0 Å². The topological polar surface area (TPSA) is 157 Å². The van der Waals surface area contributed by atoms with Crippen LogP contribution in [0.4, 0.5) is 0 Å². The van der Waals surface area contributed by atoms with Crippen LogP contribution in [0.1, 0.15) is 38.9 Å². The number of aliphatic hydroxyl groups is 1. The van der Waals surface area contributed by atoms with Crippen LogP contribution in [-0.2, 0) is 46.2 Å². The van der Waals surface area contributed by atoms with E-state index in [2.05, 4.69) is 0 Å². The van der Waals surface area contributed by atoms with Crippen LogP contribution in [0, 0.1) is 0 Å². The molecule has 7 aromatic rings. The lowest BCUT2D eigenvalue weighted by Gasteiger charge is -2.16. The number of hydrogen-bond acceptors (Lipinski definition) is 11. The highest BCUT2D eigenvalue weighted by molar-refractivity contribution is 5.46. The lowest BCUT2D eigenvalue weighted by atomic mass is 10.2. The summed E-state index contributed by atoms with van der Waals surface area (Å²) < 4.78 is 37.1. The smallest absolute Gasteiger partial charge is 0.162 e. The molecular formula is C49H44O11. The monoisotopic (exact) mass is 808 g/mol. The number of phenolic OH excluding ortho intramolecular Hbond substituents is 4. The zero-order valence-corrected chi connectivity index (χ0v) is 32.6. The van der Waals surface area contributed by atoms with Crippen molar-refractivity contribution in [2.75, 3.05) is 0 Å². The van der Waals surface area contributed by atoms with E-state index in [1.54, 1.807) is 115 Å².